The van der Waals surface area contributed by atoms with Crippen molar-refractivity contribution in [3.8, 4) is 10.6 Å². The minimum absolute atomic E-state index is 0.0514. The highest BCUT2D eigenvalue weighted by Gasteiger charge is 2.18. The second kappa shape index (κ2) is 9.38. The standard InChI is InChI=1S/C21H22N4O4S2/c1-13(2)25-31(28,29)17-11-9-15(10-12-17)19(26)23-24-20(27)18-14(3)22-21(30-18)16-7-5-4-6-8-16/h4-13,25H,1-3H3,(H,23,26)(H,24,27). The molecule has 10 heteroatoms. The Bertz CT molecular complexity index is 1190. The lowest BCUT2D eigenvalue weighted by atomic mass is 10.2. The molecule has 1 heterocycles. The Morgan fingerprint density at radius 1 is 0.935 bits per heavy atom. The number of nitrogens with one attached hydrogen (secondary N) is 3. The van der Waals surface area contributed by atoms with E-state index in [1.807, 2.05) is 30.3 Å². The molecule has 3 rings (SSSR count). The summed E-state index contributed by atoms with van der Waals surface area (Å²) in [6, 6.07) is 14.7. The van der Waals surface area contributed by atoms with Crippen molar-refractivity contribution >= 4 is 33.2 Å². The van der Waals surface area contributed by atoms with Crippen molar-refractivity contribution in [1.82, 2.24) is 20.6 Å². The molecule has 8 nitrogen and oxygen atoms in total. The van der Waals surface area contributed by atoms with Gasteiger partial charge in [0.25, 0.3) is 11.8 Å². The summed E-state index contributed by atoms with van der Waals surface area (Å²) in [5.74, 6) is -1.05. The summed E-state index contributed by atoms with van der Waals surface area (Å²) in [7, 11) is -3.65. The molecule has 0 fully saturated rings. The molecule has 162 valence electrons. The molecule has 1 aromatic heterocycles. The van der Waals surface area contributed by atoms with E-state index in [-0.39, 0.29) is 16.5 Å². The van der Waals surface area contributed by atoms with Crippen LogP contribution in [0.1, 0.15) is 39.6 Å². The molecule has 3 aromatic rings. The van der Waals surface area contributed by atoms with E-state index in [1.54, 1.807) is 20.8 Å². The minimum atomic E-state index is -3.65. The summed E-state index contributed by atoms with van der Waals surface area (Å²) >= 11 is 1.23. The van der Waals surface area contributed by atoms with E-state index in [2.05, 4.69) is 20.6 Å². The number of carbonyl (C=O) groups excluding carboxylic acids is 2. The third-order valence-electron chi connectivity index (χ3n) is 4.13. The Labute approximate surface area is 184 Å². The maximum Gasteiger partial charge on any atom is 0.281 e. The Balaban J connectivity index is 1.65. The van der Waals surface area contributed by atoms with Crippen molar-refractivity contribution in [3.05, 3.63) is 70.7 Å². The average molecular weight is 459 g/mol. The van der Waals surface area contributed by atoms with Crippen molar-refractivity contribution in [3.63, 3.8) is 0 Å². The molecule has 0 saturated heterocycles. The molecule has 31 heavy (non-hydrogen) atoms. The molecule has 3 N–H and O–H groups in total. The smallest absolute Gasteiger partial charge is 0.267 e. The van der Waals surface area contributed by atoms with Crippen LogP contribution in [0.25, 0.3) is 10.6 Å². The van der Waals surface area contributed by atoms with E-state index in [0.29, 0.717) is 15.6 Å². The first-order valence-electron chi connectivity index (χ1n) is 9.43. The zero-order valence-corrected chi connectivity index (χ0v) is 18.8. The fraction of sp³-hybridized carbons (Fsp3) is 0.190. The summed E-state index contributed by atoms with van der Waals surface area (Å²) in [6.07, 6.45) is 0. The molecule has 0 bridgehead atoms. The maximum absolute atomic E-state index is 12.5. The van der Waals surface area contributed by atoms with Crippen LogP contribution in [0.2, 0.25) is 0 Å². The molecular formula is C21H22N4O4S2. The zero-order valence-electron chi connectivity index (χ0n) is 17.2. The van der Waals surface area contributed by atoms with Gasteiger partial charge < -0.3 is 0 Å². The number of hydrazine groups is 1. The number of aromatic nitrogens is 1. The second-order valence-corrected chi connectivity index (χ2v) is 9.72. The third kappa shape index (κ3) is 5.54. The normalized spacial score (nSPS) is 11.4. The zero-order chi connectivity index (χ0) is 22.6. The summed E-state index contributed by atoms with van der Waals surface area (Å²) in [6.45, 7) is 5.16. The SMILES string of the molecule is Cc1nc(-c2ccccc2)sc1C(=O)NNC(=O)c1ccc(S(=O)(=O)NC(C)C)cc1. The fourth-order valence-electron chi connectivity index (χ4n) is 2.72. The van der Waals surface area contributed by atoms with Crippen LogP contribution in [0.3, 0.4) is 0 Å². The van der Waals surface area contributed by atoms with Crippen LogP contribution in [0.15, 0.2) is 59.5 Å². The van der Waals surface area contributed by atoms with Crippen LogP contribution in [-0.2, 0) is 10.0 Å². The van der Waals surface area contributed by atoms with Gasteiger partial charge in [-0.25, -0.2) is 18.1 Å². The van der Waals surface area contributed by atoms with Gasteiger partial charge in [0.2, 0.25) is 10.0 Å². The molecule has 0 radical (unpaired) electrons. The number of sulfonamides is 1. The van der Waals surface area contributed by atoms with Gasteiger partial charge in [0.05, 0.1) is 10.6 Å². The van der Waals surface area contributed by atoms with Crippen LogP contribution >= 0.6 is 11.3 Å². The van der Waals surface area contributed by atoms with Crippen LogP contribution in [0, 0.1) is 6.92 Å². The lowest BCUT2D eigenvalue weighted by Gasteiger charge is -2.10. The van der Waals surface area contributed by atoms with Gasteiger partial charge in [0.15, 0.2) is 0 Å². The predicted octanol–water partition coefficient (Wildman–Crippen LogP) is 2.88. The Kier molecular flexibility index (Phi) is 6.84. The van der Waals surface area contributed by atoms with E-state index >= 15 is 0 Å². The molecule has 0 spiro atoms. The lowest BCUT2D eigenvalue weighted by molar-refractivity contribution is 0.0848. The molecule has 0 saturated carbocycles. The number of nitrogens with zero attached hydrogens (tertiary/aromatic N) is 1. The van der Waals surface area contributed by atoms with Gasteiger partial charge in [0.1, 0.15) is 9.88 Å². The molecule has 0 unspecified atom stereocenters. The van der Waals surface area contributed by atoms with Gasteiger partial charge in [-0.15, -0.1) is 11.3 Å². The molecule has 2 aromatic carbocycles. The number of amides is 2. The highest BCUT2D eigenvalue weighted by atomic mass is 32.2. The summed E-state index contributed by atoms with van der Waals surface area (Å²) in [5.41, 5.74) is 6.38. The lowest BCUT2D eigenvalue weighted by Crippen LogP contribution is -2.41. The predicted molar refractivity (Wildman–Crippen MR) is 119 cm³/mol. The summed E-state index contributed by atoms with van der Waals surface area (Å²) in [5, 5.41) is 0.710. The van der Waals surface area contributed by atoms with E-state index < -0.39 is 21.8 Å². The topological polar surface area (TPSA) is 117 Å². The van der Waals surface area contributed by atoms with Crippen LogP contribution in [0.5, 0.6) is 0 Å². The first-order valence-corrected chi connectivity index (χ1v) is 11.7. The number of thiazole rings is 1. The maximum atomic E-state index is 12.5. The Morgan fingerprint density at radius 2 is 1.55 bits per heavy atom. The highest BCUT2D eigenvalue weighted by Crippen LogP contribution is 2.27. The first-order chi connectivity index (χ1) is 14.7. The number of benzene rings is 2. The van der Waals surface area contributed by atoms with Gasteiger partial charge in [-0.2, -0.15) is 0 Å². The molecule has 0 aliphatic carbocycles. The number of hydrogen-bond donors (Lipinski definition) is 3. The average Bonchev–Trinajstić information content (AvgIpc) is 3.13. The van der Waals surface area contributed by atoms with Crippen molar-refractivity contribution < 1.29 is 18.0 Å². The Hall–Kier alpha value is -3.08. The van der Waals surface area contributed by atoms with Crippen molar-refractivity contribution in [1.29, 1.82) is 0 Å². The van der Waals surface area contributed by atoms with Gasteiger partial charge in [-0.3, -0.25) is 20.4 Å². The van der Waals surface area contributed by atoms with E-state index in [9.17, 15) is 18.0 Å². The van der Waals surface area contributed by atoms with E-state index in [0.717, 1.165) is 5.56 Å². The highest BCUT2D eigenvalue weighted by molar-refractivity contribution is 7.89. The minimum Gasteiger partial charge on any atom is -0.267 e. The molecule has 0 aliphatic heterocycles. The van der Waals surface area contributed by atoms with Crippen LogP contribution in [0.4, 0.5) is 0 Å². The monoisotopic (exact) mass is 458 g/mol. The third-order valence-corrected chi connectivity index (χ3v) is 7.01. The van der Waals surface area contributed by atoms with Gasteiger partial charge in [0, 0.05) is 17.2 Å². The van der Waals surface area contributed by atoms with E-state index in [4.69, 9.17) is 0 Å². The largest absolute Gasteiger partial charge is 0.281 e. The number of rotatable bonds is 6. The van der Waals surface area contributed by atoms with Gasteiger partial charge in [-0.1, -0.05) is 30.3 Å². The quantitative estimate of drug-likeness (QED) is 0.491. The molecule has 0 atom stereocenters. The van der Waals surface area contributed by atoms with Crippen molar-refractivity contribution in [2.75, 3.05) is 0 Å². The number of carbonyl (C=O) groups is 2. The Morgan fingerprint density at radius 3 is 2.16 bits per heavy atom. The van der Waals surface area contributed by atoms with Gasteiger partial charge >= 0.3 is 0 Å². The fourth-order valence-corrected chi connectivity index (χ4v) is 4.94. The van der Waals surface area contributed by atoms with E-state index in [1.165, 1.54) is 35.6 Å². The molecule has 2 amide bonds. The summed E-state index contributed by atoms with van der Waals surface area (Å²) in [4.78, 5) is 29.7. The van der Waals surface area contributed by atoms with Crippen molar-refractivity contribution in [2.24, 2.45) is 0 Å². The molecular weight excluding hydrogens is 436 g/mol. The number of aryl methyl sites for hydroxylation is 1. The van der Waals surface area contributed by atoms with Crippen LogP contribution in [-0.4, -0.2) is 31.3 Å². The summed E-state index contributed by atoms with van der Waals surface area (Å²) < 4.78 is 26.8. The van der Waals surface area contributed by atoms with Crippen LogP contribution < -0.4 is 15.6 Å². The number of hydrogen-bond acceptors (Lipinski definition) is 6. The first kappa shape index (κ1) is 22.6. The second-order valence-electron chi connectivity index (χ2n) is 7.01. The van der Waals surface area contributed by atoms with Gasteiger partial charge in [-0.05, 0) is 45.0 Å². The van der Waals surface area contributed by atoms with Crippen molar-refractivity contribution in [2.45, 2.75) is 31.7 Å². The molecule has 0 aliphatic rings.